The highest BCUT2D eigenvalue weighted by Crippen LogP contribution is 2.29. The summed E-state index contributed by atoms with van der Waals surface area (Å²) < 4.78 is 26.3. The zero-order valence-corrected chi connectivity index (χ0v) is 24.8. The van der Waals surface area contributed by atoms with Gasteiger partial charge in [-0.15, -0.1) is 0 Å². The lowest BCUT2D eigenvalue weighted by atomic mass is 9.94. The third-order valence-corrected chi connectivity index (χ3v) is 7.76. The molecule has 0 unspecified atom stereocenters. The van der Waals surface area contributed by atoms with Gasteiger partial charge >= 0.3 is 0 Å². The molecule has 0 spiro atoms. The molecule has 0 heterocycles. The van der Waals surface area contributed by atoms with Gasteiger partial charge in [-0.25, -0.2) is 4.39 Å². The van der Waals surface area contributed by atoms with Gasteiger partial charge in [-0.2, -0.15) is 0 Å². The normalized spacial score (nSPS) is 14.2. The van der Waals surface area contributed by atoms with E-state index in [0.717, 1.165) is 36.8 Å². The van der Waals surface area contributed by atoms with Gasteiger partial charge in [-0.3, -0.25) is 9.59 Å². The Balaban J connectivity index is 1.61. The van der Waals surface area contributed by atoms with E-state index in [0.29, 0.717) is 43.1 Å². The van der Waals surface area contributed by atoms with E-state index >= 15 is 0 Å². The number of halogens is 1. The van der Waals surface area contributed by atoms with Crippen LogP contribution in [0.25, 0.3) is 0 Å². The number of amides is 2. The van der Waals surface area contributed by atoms with Crippen molar-refractivity contribution in [3.8, 4) is 11.5 Å². The lowest BCUT2D eigenvalue weighted by molar-refractivity contribution is -0.141. The van der Waals surface area contributed by atoms with Crippen molar-refractivity contribution < 1.29 is 23.5 Å². The number of hydrogen-bond donors (Lipinski definition) is 1. The monoisotopic (exact) mass is 574 g/mol. The molecular weight excluding hydrogens is 531 g/mol. The summed E-state index contributed by atoms with van der Waals surface area (Å²) in [7, 11) is 0. The molecule has 1 aliphatic carbocycles. The molecular formula is C35H43FN2O4. The van der Waals surface area contributed by atoms with Crippen LogP contribution in [-0.4, -0.2) is 42.0 Å². The molecule has 0 bridgehead atoms. The number of aryl methyl sites for hydroxylation is 1. The molecule has 2 amide bonds. The summed E-state index contributed by atoms with van der Waals surface area (Å²) in [5.74, 6) is 0.522. The smallest absolute Gasteiger partial charge is 0.243 e. The van der Waals surface area contributed by atoms with Crippen LogP contribution in [0.15, 0.2) is 72.8 Å². The summed E-state index contributed by atoms with van der Waals surface area (Å²) in [5.41, 5.74) is 2.25. The van der Waals surface area contributed by atoms with Crippen molar-refractivity contribution in [2.75, 3.05) is 13.2 Å². The predicted octanol–water partition coefficient (Wildman–Crippen LogP) is 6.64. The first-order valence-corrected chi connectivity index (χ1v) is 15.2. The molecule has 3 aromatic carbocycles. The molecule has 1 aliphatic rings. The second-order valence-corrected chi connectivity index (χ2v) is 10.8. The number of carbonyl (C=O) groups excluding carboxylic acids is 2. The number of nitrogens with zero attached hydrogens (tertiary/aromatic N) is 1. The molecule has 7 heteroatoms. The quantitative estimate of drug-likeness (QED) is 0.234. The van der Waals surface area contributed by atoms with Crippen molar-refractivity contribution in [3.05, 3.63) is 95.3 Å². The zero-order valence-electron chi connectivity index (χ0n) is 24.8. The molecule has 0 aromatic heterocycles. The van der Waals surface area contributed by atoms with Crippen molar-refractivity contribution in [1.82, 2.24) is 10.2 Å². The molecule has 1 fully saturated rings. The van der Waals surface area contributed by atoms with Crippen molar-refractivity contribution in [1.29, 1.82) is 0 Å². The van der Waals surface area contributed by atoms with Gasteiger partial charge in [0, 0.05) is 31.0 Å². The lowest BCUT2D eigenvalue weighted by Crippen LogP contribution is -2.53. The van der Waals surface area contributed by atoms with Crippen LogP contribution in [0.4, 0.5) is 4.39 Å². The van der Waals surface area contributed by atoms with Crippen molar-refractivity contribution >= 4 is 11.8 Å². The number of ether oxygens (including phenoxy) is 2. The van der Waals surface area contributed by atoms with Crippen molar-refractivity contribution in [3.63, 3.8) is 0 Å². The number of nitrogens with one attached hydrogen (secondary N) is 1. The van der Waals surface area contributed by atoms with Gasteiger partial charge in [-0.05, 0) is 62.4 Å². The predicted molar refractivity (Wildman–Crippen MR) is 163 cm³/mol. The number of hydrogen-bond acceptors (Lipinski definition) is 4. The third-order valence-electron chi connectivity index (χ3n) is 7.76. The first-order valence-electron chi connectivity index (χ1n) is 15.2. The van der Waals surface area contributed by atoms with Gasteiger partial charge in [0.2, 0.25) is 11.8 Å². The second-order valence-electron chi connectivity index (χ2n) is 10.8. The van der Waals surface area contributed by atoms with E-state index in [1.54, 1.807) is 23.1 Å². The summed E-state index contributed by atoms with van der Waals surface area (Å²) in [6, 6.07) is 21.2. The van der Waals surface area contributed by atoms with Crippen LogP contribution in [0.1, 0.15) is 69.1 Å². The highest BCUT2D eigenvalue weighted by molar-refractivity contribution is 5.88. The average Bonchev–Trinajstić information content (AvgIpc) is 3.01. The minimum absolute atomic E-state index is 0.00850. The fraction of sp³-hybridized carbons (Fsp3) is 0.429. The average molecular weight is 575 g/mol. The van der Waals surface area contributed by atoms with Crippen LogP contribution >= 0.6 is 0 Å². The topological polar surface area (TPSA) is 67.9 Å². The van der Waals surface area contributed by atoms with Crippen LogP contribution < -0.4 is 14.8 Å². The van der Waals surface area contributed by atoms with E-state index in [2.05, 4.69) is 5.32 Å². The highest BCUT2D eigenvalue weighted by Gasteiger charge is 2.32. The van der Waals surface area contributed by atoms with E-state index in [4.69, 9.17) is 9.47 Å². The van der Waals surface area contributed by atoms with E-state index in [9.17, 15) is 14.0 Å². The third kappa shape index (κ3) is 8.81. The Kier molecular flexibility index (Phi) is 11.8. The van der Waals surface area contributed by atoms with Crippen LogP contribution in [0.2, 0.25) is 0 Å². The first-order chi connectivity index (χ1) is 20.5. The Labute approximate surface area is 249 Å². The fourth-order valence-electron chi connectivity index (χ4n) is 5.55. The van der Waals surface area contributed by atoms with E-state index < -0.39 is 11.9 Å². The van der Waals surface area contributed by atoms with Gasteiger partial charge in [0.05, 0.1) is 13.2 Å². The zero-order chi connectivity index (χ0) is 29.7. The molecule has 4 rings (SSSR count). The minimum Gasteiger partial charge on any atom is -0.490 e. The second kappa shape index (κ2) is 15.9. The summed E-state index contributed by atoms with van der Waals surface area (Å²) >= 11 is 0. The SMILES string of the molecule is CCOc1ccc(CCC(=O)N(Cc2ccccc2F)[C@H](Cc2ccccc2)C(=O)NC2CCCCC2)cc1OCC. The maximum Gasteiger partial charge on any atom is 0.243 e. The molecule has 1 atom stereocenters. The maximum atomic E-state index is 14.9. The van der Waals surface area contributed by atoms with Gasteiger partial charge in [0.1, 0.15) is 11.9 Å². The van der Waals surface area contributed by atoms with Gasteiger partial charge < -0.3 is 19.7 Å². The van der Waals surface area contributed by atoms with Gasteiger partial charge in [-0.1, -0.05) is 73.9 Å². The number of carbonyl (C=O) groups is 2. The molecule has 0 saturated heterocycles. The van der Waals surface area contributed by atoms with E-state index in [-0.39, 0.29) is 30.8 Å². The molecule has 1 saturated carbocycles. The van der Waals surface area contributed by atoms with Crippen LogP contribution in [0, 0.1) is 5.82 Å². The molecule has 0 aliphatic heterocycles. The van der Waals surface area contributed by atoms with Crippen LogP contribution in [0.3, 0.4) is 0 Å². The number of benzene rings is 3. The lowest BCUT2D eigenvalue weighted by Gasteiger charge is -2.33. The maximum absolute atomic E-state index is 14.9. The molecule has 224 valence electrons. The van der Waals surface area contributed by atoms with Gasteiger partial charge in [0.15, 0.2) is 11.5 Å². The summed E-state index contributed by atoms with van der Waals surface area (Å²) in [6.45, 7) is 4.86. The summed E-state index contributed by atoms with van der Waals surface area (Å²) in [6.07, 6.45) is 6.16. The Bertz CT molecular complexity index is 1290. The highest BCUT2D eigenvalue weighted by atomic mass is 19.1. The first kappa shape index (κ1) is 31.1. The standard InChI is InChI=1S/C35H43FN2O4/c1-3-41-32-21-19-27(24-33(32)42-4-2)20-22-34(39)38(25-28-15-11-12-18-30(28)36)31(23-26-13-7-5-8-14-26)35(40)37-29-16-9-6-10-17-29/h5,7-8,11-15,18-19,21,24,29,31H,3-4,6,9-10,16-17,20,22-23,25H2,1-2H3,(H,37,40)/t31-/m1/s1. The van der Waals surface area contributed by atoms with Crippen LogP contribution in [0.5, 0.6) is 11.5 Å². The fourth-order valence-corrected chi connectivity index (χ4v) is 5.55. The molecule has 0 radical (unpaired) electrons. The molecule has 1 N–H and O–H groups in total. The molecule has 42 heavy (non-hydrogen) atoms. The van der Waals surface area contributed by atoms with Gasteiger partial charge in [0.25, 0.3) is 0 Å². The summed E-state index contributed by atoms with van der Waals surface area (Å²) in [4.78, 5) is 29.5. The Morgan fingerprint density at radius 2 is 1.57 bits per heavy atom. The number of rotatable bonds is 14. The molecule has 6 nitrogen and oxygen atoms in total. The summed E-state index contributed by atoms with van der Waals surface area (Å²) in [5, 5.41) is 3.23. The Hall–Kier alpha value is -3.87. The van der Waals surface area contributed by atoms with E-state index in [1.165, 1.54) is 12.5 Å². The largest absolute Gasteiger partial charge is 0.490 e. The minimum atomic E-state index is -0.777. The van der Waals surface area contributed by atoms with E-state index in [1.807, 2.05) is 62.4 Å². The van der Waals surface area contributed by atoms with Crippen molar-refractivity contribution in [2.45, 2.75) is 83.8 Å². The van der Waals surface area contributed by atoms with Crippen LogP contribution in [-0.2, 0) is 29.0 Å². The van der Waals surface area contributed by atoms with Crippen molar-refractivity contribution in [2.24, 2.45) is 0 Å². The Morgan fingerprint density at radius 1 is 0.881 bits per heavy atom. The molecule has 3 aromatic rings. The Morgan fingerprint density at radius 3 is 2.29 bits per heavy atom.